The van der Waals surface area contributed by atoms with E-state index < -0.39 is 7.37 Å². The fourth-order valence-corrected chi connectivity index (χ4v) is 8.48. The van der Waals surface area contributed by atoms with Gasteiger partial charge in [-0.25, -0.2) is 0 Å². The molecule has 1 aliphatic heterocycles. The lowest BCUT2D eigenvalue weighted by molar-refractivity contribution is 0.299. The molecule has 7 rings (SSSR count). The normalized spacial score (nSPS) is 14.6. The molecule has 1 unspecified atom stereocenters. The molecule has 1 atom stereocenters. The third-order valence-corrected chi connectivity index (χ3v) is 11.1. The summed E-state index contributed by atoms with van der Waals surface area (Å²) in [6, 6.07) is 44.9. The summed E-state index contributed by atoms with van der Waals surface area (Å²) < 4.78 is 40.4. The van der Waals surface area contributed by atoms with Crippen LogP contribution in [-0.4, -0.2) is 0 Å². The van der Waals surface area contributed by atoms with Gasteiger partial charge in [0.15, 0.2) is 0 Å². The third-order valence-electron chi connectivity index (χ3n) is 8.61. The van der Waals surface area contributed by atoms with Gasteiger partial charge in [-0.2, -0.15) is 0 Å². The first kappa shape index (κ1) is 33.0. The summed E-state index contributed by atoms with van der Waals surface area (Å²) in [5.41, 5.74) is 6.06. The summed E-state index contributed by atoms with van der Waals surface area (Å²) in [7, 11) is -3.67. The number of para-hydroxylation sites is 1. The lowest BCUT2D eigenvalue weighted by atomic mass is 10.0. The van der Waals surface area contributed by atoms with Gasteiger partial charge in [0.1, 0.15) is 42.0 Å². The van der Waals surface area contributed by atoms with Crippen LogP contribution in [-0.2, 0) is 24.2 Å². The molecule has 1 aliphatic rings. The van der Waals surface area contributed by atoms with Gasteiger partial charge in [0.05, 0.1) is 10.6 Å². The van der Waals surface area contributed by atoms with Crippen molar-refractivity contribution in [2.45, 2.75) is 33.5 Å². The number of ether oxygens (including phenoxy) is 3. The number of hydrogen-bond donors (Lipinski definition) is 0. The molecule has 0 aliphatic carbocycles. The van der Waals surface area contributed by atoms with Gasteiger partial charge in [-0.15, -0.1) is 0 Å². The minimum atomic E-state index is -3.67. The fraction of sp³-hybridized carbons (Fsp3) is 0.136. The lowest BCUT2D eigenvalue weighted by Crippen LogP contribution is -2.26. The van der Waals surface area contributed by atoms with Crippen molar-refractivity contribution < 1.29 is 23.3 Å². The van der Waals surface area contributed by atoms with Gasteiger partial charge in [-0.1, -0.05) is 111 Å². The zero-order valence-electron chi connectivity index (χ0n) is 28.3. The van der Waals surface area contributed by atoms with Crippen molar-refractivity contribution in [3.8, 4) is 39.9 Å². The van der Waals surface area contributed by atoms with E-state index in [2.05, 4.69) is 32.6 Å². The zero-order valence-corrected chi connectivity index (χ0v) is 29.1. The summed E-state index contributed by atoms with van der Waals surface area (Å²) in [6.45, 7) is 8.87. The van der Waals surface area contributed by atoms with E-state index in [0.29, 0.717) is 47.0 Å². The molecule has 1 heterocycles. The first-order valence-electron chi connectivity index (χ1n) is 16.8. The maximum absolute atomic E-state index is 15.2. The van der Waals surface area contributed by atoms with E-state index in [1.807, 2.05) is 121 Å². The average Bonchev–Trinajstić information content (AvgIpc) is 3.15. The van der Waals surface area contributed by atoms with Crippen LogP contribution in [0, 0.1) is 5.92 Å². The fourth-order valence-electron chi connectivity index (χ4n) is 6.07. The van der Waals surface area contributed by atoms with E-state index in [1.165, 1.54) is 5.56 Å². The molecular weight excluding hydrogens is 639 g/mol. The van der Waals surface area contributed by atoms with Crippen molar-refractivity contribution in [3.63, 3.8) is 0 Å². The highest BCUT2D eigenvalue weighted by Gasteiger charge is 2.40. The van der Waals surface area contributed by atoms with E-state index in [9.17, 15) is 0 Å². The Bertz CT molecular complexity index is 2150. The summed E-state index contributed by atoms with van der Waals surface area (Å²) in [5, 5.41) is 1.07. The molecule has 0 bridgehead atoms. The Morgan fingerprint density at radius 1 is 0.640 bits per heavy atom. The topological polar surface area (TPSA) is 54.0 Å². The Morgan fingerprint density at radius 3 is 1.90 bits per heavy atom. The molecule has 0 fully saturated rings. The molecular formula is C44H39O5P. The van der Waals surface area contributed by atoms with Gasteiger partial charge in [0.2, 0.25) is 0 Å². The van der Waals surface area contributed by atoms with Crippen LogP contribution < -0.4 is 29.3 Å². The Kier molecular flexibility index (Phi) is 9.60. The van der Waals surface area contributed by atoms with Crippen LogP contribution in [0.2, 0.25) is 0 Å². The molecule has 0 saturated carbocycles. The molecule has 0 N–H and O–H groups in total. The molecule has 6 aromatic rings. The van der Waals surface area contributed by atoms with Crippen LogP contribution >= 0.6 is 7.37 Å². The predicted octanol–water partition coefficient (Wildman–Crippen LogP) is 10.8. The SMILES string of the molecule is C=Cc1ccc(COc2ccc(OCc3ccc(Oc4ccc(CC(C)C)cc4)cc3)cc2P2(=O)Oc3ccccc3-c3ccccc32)cc1. The average molecular weight is 679 g/mol. The highest BCUT2D eigenvalue weighted by molar-refractivity contribution is 7.75. The molecule has 6 heteroatoms. The molecule has 0 amide bonds. The van der Waals surface area contributed by atoms with Crippen molar-refractivity contribution in [2.24, 2.45) is 5.92 Å². The molecule has 0 radical (unpaired) electrons. The Morgan fingerprint density at radius 2 is 1.22 bits per heavy atom. The van der Waals surface area contributed by atoms with Crippen LogP contribution in [0.25, 0.3) is 17.2 Å². The maximum Gasteiger partial charge on any atom is 0.311 e. The standard InChI is InChI=1S/C44H39O5P/c1-4-32-13-15-34(16-14-32)30-47-42-26-25-38(28-44(42)50(45)43-12-8-6-10-40(43)39-9-5-7-11-41(39)49-50)46-29-35-19-23-37(24-20-35)48-36-21-17-33(18-22-36)27-31(2)3/h4-26,28,31H,1,27,29-30H2,2-3H3. The number of fused-ring (bicyclic) bond motifs is 3. The van der Waals surface area contributed by atoms with E-state index >= 15 is 4.57 Å². The largest absolute Gasteiger partial charge is 0.489 e. The molecule has 0 aromatic heterocycles. The summed E-state index contributed by atoms with van der Waals surface area (Å²) in [5.74, 6) is 3.76. The second kappa shape index (κ2) is 14.5. The Hall–Kier alpha value is -5.51. The monoisotopic (exact) mass is 678 g/mol. The molecule has 0 spiro atoms. The lowest BCUT2D eigenvalue weighted by Gasteiger charge is -2.30. The van der Waals surface area contributed by atoms with Crippen LogP contribution in [0.4, 0.5) is 0 Å². The number of rotatable bonds is 12. The minimum absolute atomic E-state index is 0.291. The van der Waals surface area contributed by atoms with Gasteiger partial charge in [-0.05, 0) is 94.8 Å². The van der Waals surface area contributed by atoms with Crippen molar-refractivity contribution >= 4 is 24.1 Å². The van der Waals surface area contributed by atoms with E-state index in [-0.39, 0.29) is 0 Å². The summed E-state index contributed by atoms with van der Waals surface area (Å²) >= 11 is 0. The van der Waals surface area contributed by atoms with Gasteiger partial charge in [-0.3, -0.25) is 4.57 Å². The van der Waals surface area contributed by atoms with Gasteiger partial charge >= 0.3 is 7.37 Å². The molecule has 5 nitrogen and oxygen atoms in total. The van der Waals surface area contributed by atoms with Crippen molar-refractivity contribution in [1.29, 1.82) is 0 Å². The van der Waals surface area contributed by atoms with Gasteiger partial charge in [0.25, 0.3) is 0 Å². The van der Waals surface area contributed by atoms with E-state index in [0.717, 1.165) is 45.7 Å². The van der Waals surface area contributed by atoms with Crippen LogP contribution in [0.15, 0.2) is 146 Å². The first-order valence-corrected chi connectivity index (χ1v) is 18.5. The quantitative estimate of drug-likeness (QED) is 0.121. The zero-order chi connectivity index (χ0) is 34.5. The highest BCUT2D eigenvalue weighted by atomic mass is 31.2. The molecule has 6 aromatic carbocycles. The van der Waals surface area contributed by atoms with E-state index in [1.54, 1.807) is 12.1 Å². The predicted molar refractivity (Wildman–Crippen MR) is 203 cm³/mol. The Labute approximate surface area is 294 Å². The minimum Gasteiger partial charge on any atom is -0.489 e. The second-order valence-electron chi connectivity index (χ2n) is 12.8. The number of benzene rings is 6. The maximum atomic E-state index is 15.2. The first-order chi connectivity index (χ1) is 24.4. The van der Waals surface area contributed by atoms with Crippen molar-refractivity contribution in [1.82, 2.24) is 0 Å². The molecule has 50 heavy (non-hydrogen) atoms. The van der Waals surface area contributed by atoms with Crippen molar-refractivity contribution in [3.05, 3.63) is 168 Å². The molecule has 0 saturated heterocycles. The van der Waals surface area contributed by atoms with Gasteiger partial charge < -0.3 is 18.7 Å². The summed E-state index contributed by atoms with van der Waals surface area (Å²) in [4.78, 5) is 0. The highest BCUT2D eigenvalue weighted by Crippen LogP contribution is 2.55. The number of hydrogen-bond acceptors (Lipinski definition) is 5. The molecule has 250 valence electrons. The van der Waals surface area contributed by atoms with Crippen LogP contribution in [0.5, 0.6) is 28.7 Å². The van der Waals surface area contributed by atoms with Gasteiger partial charge in [0, 0.05) is 5.56 Å². The van der Waals surface area contributed by atoms with Crippen molar-refractivity contribution in [2.75, 3.05) is 0 Å². The second-order valence-corrected chi connectivity index (χ2v) is 15.0. The smallest absolute Gasteiger partial charge is 0.311 e. The third kappa shape index (κ3) is 7.24. The van der Waals surface area contributed by atoms with Crippen LogP contribution in [0.3, 0.4) is 0 Å². The van der Waals surface area contributed by atoms with E-state index in [4.69, 9.17) is 18.7 Å². The Balaban J connectivity index is 1.13. The summed E-state index contributed by atoms with van der Waals surface area (Å²) in [6.07, 6.45) is 2.85. The van der Waals surface area contributed by atoms with Crippen LogP contribution in [0.1, 0.15) is 36.1 Å².